The molecule has 0 spiro atoms. The number of nitrogens with two attached hydrogens (primary N) is 1. The number of aromatic nitrogens is 2. The predicted octanol–water partition coefficient (Wildman–Crippen LogP) is 1.99. The van der Waals surface area contributed by atoms with Crippen LogP contribution in [0.15, 0.2) is 12.5 Å². The third-order valence-electron chi connectivity index (χ3n) is 2.69. The second-order valence-corrected chi connectivity index (χ2v) is 4.05. The number of rotatable bonds is 5. The van der Waals surface area contributed by atoms with Gasteiger partial charge >= 0.3 is 0 Å². The van der Waals surface area contributed by atoms with Gasteiger partial charge in [-0.15, -0.1) is 0 Å². The summed E-state index contributed by atoms with van der Waals surface area (Å²) in [5.41, 5.74) is 6.82. The van der Waals surface area contributed by atoms with Gasteiger partial charge in [-0.05, 0) is 18.9 Å². The van der Waals surface area contributed by atoms with Crippen LogP contribution in [0.3, 0.4) is 0 Å². The van der Waals surface area contributed by atoms with Gasteiger partial charge in [0.25, 0.3) is 0 Å². The molecule has 0 radical (unpaired) electrons. The van der Waals surface area contributed by atoms with Crippen LogP contribution >= 0.6 is 0 Å². The molecule has 1 atom stereocenters. The van der Waals surface area contributed by atoms with Crippen molar-refractivity contribution < 1.29 is 0 Å². The van der Waals surface area contributed by atoms with Gasteiger partial charge in [0.15, 0.2) is 0 Å². The van der Waals surface area contributed by atoms with Gasteiger partial charge in [0.2, 0.25) is 0 Å². The molecule has 0 fully saturated rings. The van der Waals surface area contributed by atoms with Crippen molar-refractivity contribution >= 4 is 0 Å². The van der Waals surface area contributed by atoms with E-state index in [-0.39, 0.29) is 0 Å². The van der Waals surface area contributed by atoms with Crippen LogP contribution in [0.25, 0.3) is 0 Å². The fourth-order valence-electron chi connectivity index (χ4n) is 1.96. The second kappa shape index (κ2) is 5.15. The van der Waals surface area contributed by atoms with Crippen LogP contribution in [0.4, 0.5) is 0 Å². The van der Waals surface area contributed by atoms with Crippen LogP contribution in [0, 0.1) is 5.92 Å². The van der Waals surface area contributed by atoms with E-state index in [1.54, 1.807) is 0 Å². The van der Waals surface area contributed by atoms with Gasteiger partial charge in [0, 0.05) is 24.4 Å². The van der Waals surface area contributed by atoms with E-state index in [4.69, 9.17) is 5.73 Å². The molecule has 14 heavy (non-hydrogen) atoms. The molecule has 1 rings (SSSR count). The van der Waals surface area contributed by atoms with Crippen molar-refractivity contribution in [1.82, 2.24) is 9.55 Å². The molecule has 0 aliphatic carbocycles. The average Bonchev–Trinajstić information content (AvgIpc) is 2.55. The minimum absolute atomic E-state index is 0.555. The summed E-state index contributed by atoms with van der Waals surface area (Å²) in [6.45, 7) is 7.41. The van der Waals surface area contributed by atoms with Gasteiger partial charge in [-0.1, -0.05) is 20.8 Å². The normalized spacial score (nSPS) is 13.5. The van der Waals surface area contributed by atoms with E-state index in [9.17, 15) is 0 Å². The number of hydrogen-bond donors (Lipinski definition) is 1. The van der Waals surface area contributed by atoms with Gasteiger partial charge in [0.05, 0.1) is 6.33 Å². The molecule has 0 aromatic carbocycles. The molecule has 0 saturated carbocycles. The molecule has 0 aliphatic rings. The lowest BCUT2D eigenvalue weighted by atomic mass is 10.0. The van der Waals surface area contributed by atoms with E-state index in [1.807, 2.05) is 12.5 Å². The lowest BCUT2D eigenvalue weighted by Crippen LogP contribution is -2.17. The van der Waals surface area contributed by atoms with Crippen LogP contribution in [-0.4, -0.2) is 16.1 Å². The van der Waals surface area contributed by atoms with E-state index in [1.165, 1.54) is 5.69 Å². The Morgan fingerprint density at radius 1 is 1.50 bits per heavy atom. The van der Waals surface area contributed by atoms with E-state index >= 15 is 0 Å². The highest BCUT2D eigenvalue weighted by Gasteiger charge is 2.15. The van der Waals surface area contributed by atoms with E-state index < -0.39 is 0 Å². The third kappa shape index (κ3) is 2.35. The van der Waals surface area contributed by atoms with Crippen molar-refractivity contribution in [3.63, 3.8) is 0 Å². The molecule has 1 unspecified atom stereocenters. The summed E-state index contributed by atoms with van der Waals surface area (Å²) in [5.74, 6) is 0.644. The van der Waals surface area contributed by atoms with Gasteiger partial charge in [-0.3, -0.25) is 0 Å². The minimum atomic E-state index is 0.555. The van der Waals surface area contributed by atoms with Crippen molar-refractivity contribution in [2.45, 2.75) is 39.7 Å². The quantitative estimate of drug-likeness (QED) is 0.781. The van der Waals surface area contributed by atoms with E-state index in [0.29, 0.717) is 18.5 Å². The zero-order chi connectivity index (χ0) is 10.6. The lowest BCUT2D eigenvalue weighted by molar-refractivity contribution is 0.357. The first-order valence-corrected chi connectivity index (χ1v) is 5.41. The Morgan fingerprint density at radius 2 is 2.21 bits per heavy atom. The largest absolute Gasteiger partial charge is 0.331 e. The molecule has 0 aliphatic heterocycles. The molecule has 2 N–H and O–H groups in total. The monoisotopic (exact) mass is 195 g/mol. The minimum Gasteiger partial charge on any atom is -0.331 e. The Kier molecular flexibility index (Phi) is 4.14. The standard InChI is InChI=1S/C11H21N3/c1-4-11(9(2)3)14-8-13-7-10(14)5-6-12/h7-9,11H,4-6,12H2,1-3H3. The molecule has 0 bridgehead atoms. The highest BCUT2D eigenvalue weighted by atomic mass is 15.1. The lowest BCUT2D eigenvalue weighted by Gasteiger charge is -2.23. The first kappa shape index (κ1) is 11.2. The van der Waals surface area contributed by atoms with Crippen LogP contribution in [0.2, 0.25) is 0 Å². The molecule has 0 saturated heterocycles. The maximum Gasteiger partial charge on any atom is 0.0950 e. The van der Waals surface area contributed by atoms with Gasteiger partial charge < -0.3 is 10.3 Å². The van der Waals surface area contributed by atoms with Gasteiger partial charge in [-0.2, -0.15) is 0 Å². The topological polar surface area (TPSA) is 43.8 Å². The predicted molar refractivity (Wildman–Crippen MR) is 59.2 cm³/mol. The molecule has 3 heteroatoms. The summed E-state index contributed by atoms with van der Waals surface area (Å²) >= 11 is 0. The summed E-state index contributed by atoms with van der Waals surface area (Å²) in [6, 6.07) is 0.555. The van der Waals surface area contributed by atoms with Crippen LogP contribution in [0.5, 0.6) is 0 Å². The maximum atomic E-state index is 5.57. The Labute approximate surface area is 86.3 Å². The summed E-state index contributed by atoms with van der Waals surface area (Å²) in [7, 11) is 0. The van der Waals surface area contributed by atoms with Crippen molar-refractivity contribution in [2.75, 3.05) is 6.54 Å². The molecular formula is C11H21N3. The molecule has 1 aromatic heterocycles. The summed E-state index contributed by atoms with van der Waals surface area (Å²) in [4.78, 5) is 4.20. The first-order chi connectivity index (χ1) is 6.70. The number of hydrogen-bond acceptors (Lipinski definition) is 2. The summed E-state index contributed by atoms with van der Waals surface area (Å²) < 4.78 is 2.28. The SMILES string of the molecule is CCC(C(C)C)n1cncc1CCN. The van der Waals surface area contributed by atoms with Crippen LogP contribution in [0.1, 0.15) is 38.9 Å². The van der Waals surface area contributed by atoms with E-state index in [0.717, 1.165) is 12.8 Å². The van der Waals surface area contributed by atoms with Crippen molar-refractivity contribution in [3.8, 4) is 0 Å². The smallest absolute Gasteiger partial charge is 0.0950 e. The van der Waals surface area contributed by atoms with Crippen molar-refractivity contribution in [3.05, 3.63) is 18.2 Å². The fraction of sp³-hybridized carbons (Fsp3) is 0.727. The zero-order valence-electron chi connectivity index (χ0n) is 9.40. The molecule has 1 heterocycles. The second-order valence-electron chi connectivity index (χ2n) is 4.05. The Balaban J connectivity index is 2.86. The van der Waals surface area contributed by atoms with Crippen LogP contribution < -0.4 is 5.73 Å². The van der Waals surface area contributed by atoms with Gasteiger partial charge in [-0.25, -0.2) is 4.98 Å². The van der Waals surface area contributed by atoms with Crippen molar-refractivity contribution in [1.29, 1.82) is 0 Å². The van der Waals surface area contributed by atoms with E-state index in [2.05, 4.69) is 30.3 Å². The Hall–Kier alpha value is -0.830. The zero-order valence-corrected chi connectivity index (χ0v) is 9.40. The molecule has 80 valence electrons. The van der Waals surface area contributed by atoms with Gasteiger partial charge in [0.1, 0.15) is 0 Å². The van der Waals surface area contributed by atoms with Crippen LogP contribution in [-0.2, 0) is 6.42 Å². The Morgan fingerprint density at radius 3 is 2.71 bits per heavy atom. The average molecular weight is 195 g/mol. The molecule has 1 aromatic rings. The summed E-state index contributed by atoms with van der Waals surface area (Å²) in [6.07, 6.45) is 5.92. The van der Waals surface area contributed by atoms with Crippen molar-refractivity contribution in [2.24, 2.45) is 11.7 Å². The first-order valence-electron chi connectivity index (χ1n) is 5.41. The highest BCUT2D eigenvalue weighted by molar-refractivity contribution is 5.01. The summed E-state index contributed by atoms with van der Waals surface area (Å²) in [5, 5.41) is 0. The fourth-order valence-corrected chi connectivity index (χ4v) is 1.96. The number of nitrogens with zero attached hydrogens (tertiary/aromatic N) is 2. The number of imidazole rings is 1. The molecule has 3 nitrogen and oxygen atoms in total. The molecular weight excluding hydrogens is 174 g/mol. The molecule has 0 amide bonds. The Bertz CT molecular complexity index is 265. The highest BCUT2D eigenvalue weighted by Crippen LogP contribution is 2.22. The maximum absolute atomic E-state index is 5.57. The third-order valence-corrected chi connectivity index (χ3v) is 2.69.